The van der Waals surface area contributed by atoms with Crippen LogP contribution in [-0.2, 0) is 26.2 Å². The van der Waals surface area contributed by atoms with E-state index in [9.17, 15) is 9.59 Å². The molecule has 2 aliphatic heterocycles. The number of hydrogen-bond donors (Lipinski definition) is 2. The molecule has 3 heterocycles. The highest BCUT2D eigenvalue weighted by Gasteiger charge is 2.44. The first kappa shape index (κ1) is 38.1. The Morgan fingerprint density at radius 3 is 2.59 bits per heavy atom. The number of methoxy groups -OCH3 is 1. The molecule has 0 spiro atoms. The fourth-order valence-electron chi connectivity index (χ4n) is 6.41. The average molecular weight is 728 g/mol. The van der Waals surface area contributed by atoms with Crippen molar-refractivity contribution in [2.75, 3.05) is 40.5 Å². The second-order valence-corrected chi connectivity index (χ2v) is 13.9. The second-order valence-electron chi connectivity index (χ2n) is 13.5. The number of fused-ring (bicyclic) bond motifs is 1. The van der Waals surface area contributed by atoms with Gasteiger partial charge in [0, 0.05) is 55.6 Å². The second kappa shape index (κ2) is 16.9. The molecule has 2 aliphatic rings. The van der Waals surface area contributed by atoms with Crippen LogP contribution in [0.5, 0.6) is 17.4 Å². The number of unbranched alkanes of at least 4 members (excludes halogenated alkanes) is 1. The molecule has 5 rings (SSSR count). The molecule has 0 saturated carbocycles. The van der Waals surface area contributed by atoms with Crippen LogP contribution in [0, 0.1) is 5.82 Å². The minimum absolute atomic E-state index is 0.0909. The number of pyridine rings is 1. The molecule has 1 saturated heterocycles. The number of nitrogens with zero attached hydrogens (tertiary/aromatic N) is 1. The van der Waals surface area contributed by atoms with Crippen LogP contribution in [0.1, 0.15) is 80.8 Å². The number of ether oxygens (including phenoxy) is 6. The molecule has 0 aliphatic carbocycles. The largest absolute Gasteiger partial charge is 0.491 e. The zero-order chi connectivity index (χ0) is 36.6. The fraction of sp³-hybridized carbons (Fsp3) is 0.500. The van der Waals surface area contributed by atoms with E-state index in [0.29, 0.717) is 50.1 Å². The predicted molar refractivity (Wildman–Crippen MR) is 190 cm³/mol. The number of alkyl carbamates (subject to hydrolysis) is 1. The number of rotatable bonds is 14. The molecule has 1 aromatic heterocycles. The van der Waals surface area contributed by atoms with Gasteiger partial charge < -0.3 is 39.1 Å². The van der Waals surface area contributed by atoms with Crippen LogP contribution in [0.25, 0.3) is 11.1 Å². The summed E-state index contributed by atoms with van der Waals surface area (Å²) >= 11 is 6.82. The number of halogens is 2. The zero-order valence-electron chi connectivity index (χ0n) is 29.9. The highest BCUT2D eigenvalue weighted by Crippen LogP contribution is 2.53. The van der Waals surface area contributed by atoms with Crippen molar-refractivity contribution in [2.45, 2.75) is 83.2 Å². The zero-order valence-corrected chi connectivity index (χ0v) is 30.6. The molecule has 3 aromatic rings. The SMILES string of the molecule is CNC(=O)c1cnc(OCCOC2CCCCO2)c(OC)c1-c1c(Cl)c(F)cc2c1C[C@@](CCCCNC(=O)OC(C)(C)C)(c1ccccc1)O2. The molecule has 1 unspecified atom stereocenters. The third kappa shape index (κ3) is 9.22. The van der Waals surface area contributed by atoms with E-state index in [1.807, 2.05) is 51.1 Å². The van der Waals surface area contributed by atoms with Crippen molar-refractivity contribution in [3.63, 3.8) is 0 Å². The lowest BCUT2D eigenvalue weighted by Crippen LogP contribution is -2.34. The molecule has 2 N–H and O–H groups in total. The van der Waals surface area contributed by atoms with Crippen molar-refractivity contribution in [3.8, 4) is 28.5 Å². The van der Waals surface area contributed by atoms with E-state index in [-0.39, 0.29) is 52.8 Å². The van der Waals surface area contributed by atoms with E-state index >= 15 is 4.39 Å². The number of hydrogen-bond acceptors (Lipinski definition) is 9. The molecule has 0 bridgehead atoms. The van der Waals surface area contributed by atoms with E-state index in [0.717, 1.165) is 24.8 Å². The van der Waals surface area contributed by atoms with Crippen molar-refractivity contribution in [3.05, 3.63) is 70.1 Å². The lowest BCUT2D eigenvalue weighted by Gasteiger charge is -2.30. The summed E-state index contributed by atoms with van der Waals surface area (Å²) in [4.78, 5) is 29.9. The molecule has 51 heavy (non-hydrogen) atoms. The summed E-state index contributed by atoms with van der Waals surface area (Å²) in [5.74, 6) is -0.688. The Hall–Kier alpha value is -4.13. The molecule has 1 fully saturated rings. The molecular weight excluding hydrogens is 681 g/mol. The molecule has 2 aromatic carbocycles. The molecule has 2 atom stereocenters. The van der Waals surface area contributed by atoms with Crippen molar-refractivity contribution < 1.29 is 42.4 Å². The van der Waals surface area contributed by atoms with Crippen molar-refractivity contribution >= 4 is 23.6 Å². The fourth-order valence-corrected chi connectivity index (χ4v) is 6.67. The van der Waals surface area contributed by atoms with Gasteiger partial charge in [0.15, 0.2) is 12.0 Å². The molecule has 276 valence electrons. The lowest BCUT2D eigenvalue weighted by atomic mass is 9.82. The number of benzene rings is 2. The van der Waals surface area contributed by atoms with Crippen LogP contribution >= 0.6 is 11.6 Å². The summed E-state index contributed by atoms with van der Waals surface area (Å²) in [7, 11) is 2.92. The van der Waals surface area contributed by atoms with Gasteiger partial charge in [0.2, 0.25) is 0 Å². The summed E-state index contributed by atoms with van der Waals surface area (Å²) in [5.41, 5.74) is 0.609. The summed E-state index contributed by atoms with van der Waals surface area (Å²) < 4.78 is 51.2. The van der Waals surface area contributed by atoms with E-state index in [4.69, 9.17) is 40.0 Å². The van der Waals surface area contributed by atoms with Crippen LogP contribution < -0.4 is 24.8 Å². The Balaban J connectivity index is 1.47. The van der Waals surface area contributed by atoms with E-state index < -0.39 is 29.0 Å². The third-order valence-electron chi connectivity index (χ3n) is 8.72. The molecule has 2 amide bonds. The van der Waals surface area contributed by atoms with Crippen LogP contribution in [0.4, 0.5) is 9.18 Å². The summed E-state index contributed by atoms with van der Waals surface area (Å²) in [5, 5.41) is 5.25. The predicted octanol–water partition coefficient (Wildman–Crippen LogP) is 7.36. The van der Waals surface area contributed by atoms with E-state index in [1.165, 1.54) is 26.4 Å². The van der Waals surface area contributed by atoms with Gasteiger partial charge in [-0.05, 0) is 64.9 Å². The monoisotopic (exact) mass is 727 g/mol. The van der Waals surface area contributed by atoms with Gasteiger partial charge in [0.05, 0.1) is 24.3 Å². The Morgan fingerprint density at radius 2 is 1.90 bits per heavy atom. The van der Waals surface area contributed by atoms with Crippen molar-refractivity contribution in [1.29, 1.82) is 0 Å². The third-order valence-corrected chi connectivity index (χ3v) is 9.09. The summed E-state index contributed by atoms with van der Waals surface area (Å²) in [6.45, 7) is 6.86. The van der Waals surface area contributed by atoms with E-state index in [1.54, 1.807) is 0 Å². The van der Waals surface area contributed by atoms with Gasteiger partial charge in [-0.1, -0.05) is 41.9 Å². The molecular formula is C38H47ClFN3O8. The van der Waals surface area contributed by atoms with Crippen molar-refractivity contribution in [1.82, 2.24) is 15.6 Å². The van der Waals surface area contributed by atoms with Gasteiger partial charge in [0.25, 0.3) is 11.8 Å². The number of aromatic nitrogens is 1. The Labute approximate surface area is 303 Å². The summed E-state index contributed by atoms with van der Waals surface area (Å²) in [6.07, 6.45) is 5.60. The lowest BCUT2D eigenvalue weighted by molar-refractivity contribution is -0.165. The Morgan fingerprint density at radius 1 is 1.12 bits per heavy atom. The normalized spacial score (nSPS) is 18.4. The van der Waals surface area contributed by atoms with Crippen LogP contribution in [0.3, 0.4) is 0 Å². The van der Waals surface area contributed by atoms with Crippen LogP contribution in [-0.4, -0.2) is 69.4 Å². The van der Waals surface area contributed by atoms with Gasteiger partial charge in [-0.2, -0.15) is 0 Å². The first-order valence-electron chi connectivity index (χ1n) is 17.3. The maximum Gasteiger partial charge on any atom is 0.407 e. The molecule has 13 heteroatoms. The number of carbonyl (C=O) groups is 2. The van der Waals surface area contributed by atoms with Gasteiger partial charge in [-0.25, -0.2) is 14.2 Å². The van der Waals surface area contributed by atoms with Gasteiger partial charge in [-0.15, -0.1) is 0 Å². The first-order chi connectivity index (χ1) is 24.5. The molecule has 0 radical (unpaired) electrons. The maximum atomic E-state index is 15.8. The molecule has 11 nitrogen and oxygen atoms in total. The van der Waals surface area contributed by atoms with Gasteiger partial charge in [-0.3, -0.25) is 4.79 Å². The Kier molecular flexibility index (Phi) is 12.6. The summed E-state index contributed by atoms with van der Waals surface area (Å²) in [6, 6.07) is 11.0. The van der Waals surface area contributed by atoms with Crippen LogP contribution in [0.15, 0.2) is 42.6 Å². The maximum absolute atomic E-state index is 15.8. The minimum atomic E-state index is -0.896. The Bertz CT molecular complexity index is 1680. The topological polar surface area (TPSA) is 126 Å². The van der Waals surface area contributed by atoms with Gasteiger partial charge >= 0.3 is 6.09 Å². The van der Waals surface area contributed by atoms with Crippen LogP contribution in [0.2, 0.25) is 5.02 Å². The minimum Gasteiger partial charge on any atom is -0.491 e. The van der Waals surface area contributed by atoms with E-state index in [2.05, 4.69) is 15.6 Å². The number of nitrogens with one attached hydrogen (secondary N) is 2. The number of carbonyl (C=O) groups excluding carboxylic acids is 2. The highest BCUT2D eigenvalue weighted by molar-refractivity contribution is 6.34. The van der Waals surface area contributed by atoms with Gasteiger partial charge in [0.1, 0.15) is 29.4 Å². The number of amides is 2. The highest BCUT2D eigenvalue weighted by atomic mass is 35.5. The van der Waals surface area contributed by atoms with Crippen molar-refractivity contribution in [2.24, 2.45) is 0 Å². The quantitative estimate of drug-likeness (QED) is 0.164. The standard InChI is InChI=1S/C38H47ClFN3O8/c1-37(2,3)51-36(45)42-17-11-10-16-38(24-13-7-6-8-14-24)22-25-28(50-38)21-27(40)32(39)30(25)31-26(34(44)41-4)23-43-35(33(31)46-5)49-20-19-48-29-15-9-12-18-47-29/h6-8,13-14,21,23,29H,9-12,15-20,22H2,1-5H3,(H,41,44)(H,42,45)/t29?,38-/m0/s1. The smallest absolute Gasteiger partial charge is 0.407 e. The first-order valence-corrected chi connectivity index (χ1v) is 17.7. The average Bonchev–Trinajstić information content (AvgIpc) is 3.48.